The van der Waals surface area contributed by atoms with Gasteiger partial charge in [0.15, 0.2) is 8.32 Å². The summed E-state index contributed by atoms with van der Waals surface area (Å²) < 4.78 is 7.46. The van der Waals surface area contributed by atoms with Crippen LogP contribution >= 0.6 is 22.6 Å². The van der Waals surface area contributed by atoms with E-state index in [0.717, 1.165) is 0 Å². The molecule has 0 spiro atoms. The van der Waals surface area contributed by atoms with Crippen LogP contribution in [0.3, 0.4) is 0 Å². The zero-order chi connectivity index (χ0) is 11.6. The predicted octanol–water partition coefficient (Wildman–Crippen LogP) is 4.47. The van der Waals surface area contributed by atoms with Gasteiger partial charge in [0, 0.05) is 10.5 Å². The molecule has 0 bridgehead atoms. The van der Waals surface area contributed by atoms with E-state index in [1.165, 1.54) is 4.43 Å². The van der Waals surface area contributed by atoms with Crippen LogP contribution in [0.4, 0.5) is 0 Å². The molecule has 0 N–H and O–H groups in total. The van der Waals surface area contributed by atoms with Gasteiger partial charge < -0.3 is 4.43 Å². The first kappa shape index (κ1) is 14.9. The lowest BCUT2D eigenvalue weighted by atomic mass is 10.1. The van der Waals surface area contributed by atoms with E-state index in [2.05, 4.69) is 70.3 Å². The van der Waals surface area contributed by atoms with Gasteiger partial charge in [0.05, 0.1) is 0 Å². The van der Waals surface area contributed by atoms with Gasteiger partial charge in [0.1, 0.15) is 0 Å². The van der Waals surface area contributed by atoms with Gasteiger partial charge in [-0.15, -0.1) is 0 Å². The minimum absolute atomic E-state index is 0.326. The molecule has 0 aliphatic heterocycles. The average Bonchev–Trinajstić information content (AvgIpc) is 2.00. The molecule has 0 rings (SSSR count). The topological polar surface area (TPSA) is 9.23 Å². The molecule has 0 saturated carbocycles. The van der Waals surface area contributed by atoms with Crippen LogP contribution in [-0.4, -0.2) is 18.8 Å². The molecule has 0 aliphatic carbocycles. The SMILES string of the molecule is C[C@H](CI)[C@@H](C)O[Si](C)(C)C(C)(C)C. The summed E-state index contributed by atoms with van der Waals surface area (Å²) >= 11 is 2.44. The molecule has 0 amide bonds. The lowest BCUT2D eigenvalue weighted by molar-refractivity contribution is 0.155. The number of hydrogen-bond donors (Lipinski definition) is 0. The number of halogens is 1. The van der Waals surface area contributed by atoms with Gasteiger partial charge in [-0.05, 0) is 31.0 Å². The van der Waals surface area contributed by atoms with E-state index in [4.69, 9.17) is 4.43 Å². The molecule has 0 fully saturated rings. The molecule has 0 saturated heterocycles. The fraction of sp³-hybridized carbons (Fsp3) is 1.00. The monoisotopic (exact) mass is 328 g/mol. The van der Waals surface area contributed by atoms with E-state index in [-0.39, 0.29) is 0 Å². The van der Waals surface area contributed by atoms with Crippen LogP contribution in [0.25, 0.3) is 0 Å². The summed E-state index contributed by atoms with van der Waals surface area (Å²) in [6.45, 7) is 16.0. The largest absolute Gasteiger partial charge is 0.414 e. The Hall–Kier alpha value is 0.907. The molecular weight excluding hydrogens is 303 g/mol. The summed E-state index contributed by atoms with van der Waals surface area (Å²) in [4.78, 5) is 0. The molecule has 0 aromatic carbocycles. The van der Waals surface area contributed by atoms with E-state index in [9.17, 15) is 0 Å². The standard InChI is InChI=1S/C11H25IOSi/c1-9(8-12)10(2)13-14(6,7)11(3,4)5/h9-10H,8H2,1-7H3/t9-,10-/m1/s1. The summed E-state index contributed by atoms with van der Waals surface area (Å²) in [6, 6.07) is 0. The van der Waals surface area contributed by atoms with Gasteiger partial charge in [0.2, 0.25) is 0 Å². The third-order valence-electron chi connectivity index (χ3n) is 3.33. The van der Waals surface area contributed by atoms with Crippen molar-refractivity contribution in [1.29, 1.82) is 0 Å². The van der Waals surface area contributed by atoms with E-state index < -0.39 is 8.32 Å². The van der Waals surface area contributed by atoms with Crippen molar-refractivity contribution in [3.63, 3.8) is 0 Å². The van der Waals surface area contributed by atoms with Crippen molar-refractivity contribution in [3.05, 3.63) is 0 Å². The Morgan fingerprint density at radius 2 is 1.64 bits per heavy atom. The van der Waals surface area contributed by atoms with Crippen LogP contribution in [0.5, 0.6) is 0 Å². The maximum absolute atomic E-state index is 6.29. The first-order valence-corrected chi connectivity index (χ1v) is 9.79. The minimum Gasteiger partial charge on any atom is -0.414 e. The third kappa shape index (κ3) is 4.19. The molecule has 0 aliphatic rings. The van der Waals surface area contributed by atoms with Crippen molar-refractivity contribution in [2.45, 2.75) is 58.9 Å². The highest BCUT2D eigenvalue weighted by Crippen LogP contribution is 2.38. The Kier molecular flexibility index (Phi) is 5.64. The summed E-state index contributed by atoms with van der Waals surface area (Å²) in [5, 5.41) is 0.326. The summed E-state index contributed by atoms with van der Waals surface area (Å²) in [5.74, 6) is 0.657. The Bertz CT molecular complexity index is 175. The fourth-order valence-corrected chi connectivity index (χ4v) is 3.11. The van der Waals surface area contributed by atoms with E-state index in [1.54, 1.807) is 0 Å². The molecule has 0 aromatic rings. The Labute approximate surface area is 104 Å². The molecule has 86 valence electrons. The second kappa shape index (κ2) is 5.30. The summed E-state index contributed by atoms with van der Waals surface area (Å²) in [7, 11) is -1.55. The average molecular weight is 328 g/mol. The Balaban J connectivity index is 4.36. The van der Waals surface area contributed by atoms with Gasteiger partial charge >= 0.3 is 0 Å². The summed E-state index contributed by atoms with van der Waals surface area (Å²) in [6.07, 6.45) is 0.396. The smallest absolute Gasteiger partial charge is 0.192 e. The van der Waals surface area contributed by atoms with Gasteiger partial charge in [-0.2, -0.15) is 0 Å². The molecule has 2 atom stereocenters. The molecule has 1 nitrogen and oxygen atoms in total. The van der Waals surface area contributed by atoms with Gasteiger partial charge in [-0.25, -0.2) is 0 Å². The molecular formula is C11H25IOSi. The third-order valence-corrected chi connectivity index (χ3v) is 9.29. The van der Waals surface area contributed by atoms with Crippen molar-refractivity contribution in [2.75, 3.05) is 4.43 Å². The molecule has 14 heavy (non-hydrogen) atoms. The second-order valence-corrected chi connectivity index (χ2v) is 11.4. The first-order chi connectivity index (χ1) is 6.12. The normalized spacial score (nSPS) is 18.0. The lowest BCUT2D eigenvalue weighted by Crippen LogP contribution is -2.44. The number of alkyl halides is 1. The number of hydrogen-bond acceptors (Lipinski definition) is 1. The van der Waals surface area contributed by atoms with Crippen molar-refractivity contribution in [2.24, 2.45) is 5.92 Å². The Morgan fingerprint density at radius 3 is 1.93 bits per heavy atom. The van der Waals surface area contributed by atoms with Crippen molar-refractivity contribution < 1.29 is 4.43 Å². The fourth-order valence-electron chi connectivity index (χ4n) is 0.883. The highest BCUT2D eigenvalue weighted by Gasteiger charge is 2.38. The van der Waals surface area contributed by atoms with E-state index >= 15 is 0 Å². The van der Waals surface area contributed by atoms with Gasteiger partial charge in [-0.3, -0.25) is 0 Å². The maximum Gasteiger partial charge on any atom is 0.192 e. The van der Waals surface area contributed by atoms with Crippen LogP contribution in [-0.2, 0) is 4.43 Å². The van der Waals surface area contributed by atoms with Crippen LogP contribution in [0.1, 0.15) is 34.6 Å². The molecule has 0 radical (unpaired) electrons. The number of rotatable bonds is 4. The predicted molar refractivity (Wildman–Crippen MR) is 75.8 cm³/mol. The van der Waals surface area contributed by atoms with Crippen LogP contribution < -0.4 is 0 Å². The van der Waals surface area contributed by atoms with Crippen LogP contribution in [0.2, 0.25) is 18.1 Å². The zero-order valence-electron chi connectivity index (χ0n) is 10.6. The molecule has 3 heteroatoms. The molecule has 0 heterocycles. The van der Waals surface area contributed by atoms with Crippen molar-refractivity contribution in [3.8, 4) is 0 Å². The lowest BCUT2D eigenvalue weighted by Gasteiger charge is -2.39. The van der Waals surface area contributed by atoms with Crippen molar-refractivity contribution in [1.82, 2.24) is 0 Å². The highest BCUT2D eigenvalue weighted by atomic mass is 127. The van der Waals surface area contributed by atoms with Gasteiger partial charge in [0.25, 0.3) is 0 Å². The quantitative estimate of drug-likeness (QED) is 0.420. The first-order valence-electron chi connectivity index (χ1n) is 5.35. The van der Waals surface area contributed by atoms with Crippen molar-refractivity contribution >= 4 is 30.9 Å². The maximum atomic E-state index is 6.29. The highest BCUT2D eigenvalue weighted by molar-refractivity contribution is 14.1. The van der Waals surface area contributed by atoms with E-state index in [1.807, 2.05) is 0 Å². The molecule has 0 unspecified atom stereocenters. The zero-order valence-corrected chi connectivity index (χ0v) is 13.8. The minimum atomic E-state index is -1.55. The Morgan fingerprint density at radius 1 is 1.21 bits per heavy atom. The van der Waals surface area contributed by atoms with E-state index in [0.29, 0.717) is 17.1 Å². The molecule has 0 aromatic heterocycles. The second-order valence-electron chi connectivity index (χ2n) is 5.71. The van der Waals surface area contributed by atoms with Gasteiger partial charge in [-0.1, -0.05) is 50.3 Å². The van der Waals surface area contributed by atoms with Crippen LogP contribution in [0, 0.1) is 5.92 Å². The summed E-state index contributed by atoms with van der Waals surface area (Å²) in [5.41, 5.74) is 0. The van der Waals surface area contributed by atoms with Crippen LogP contribution in [0.15, 0.2) is 0 Å².